The van der Waals surface area contributed by atoms with Gasteiger partial charge in [0.15, 0.2) is 18.1 Å². The lowest BCUT2D eigenvalue weighted by Crippen LogP contribution is -2.48. The first kappa shape index (κ1) is 25.6. The number of rotatable bonds is 6. The molecule has 0 bridgehead atoms. The topological polar surface area (TPSA) is 71.6 Å². The Bertz CT molecular complexity index is 1080. The van der Waals surface area contributed by atoms with Crippen molar-refractivity contribution in [1.29, 1.82) is 0 Å². The summed E-state index contributed by atoms with van der Waals surface area (Å²) < 4.78 is 55.4. The summed E-state index contributed by atoms with van der Waals surface area (Å²) >= 11 is 0. The number of methoxy groups -OCH3 is 1. The average molecular weight is 508 g/mol. The Labute approximate surface area is 207 Å². The van der Waals surface area contributed by atoms with Crippen LogP contribution in [0.1, 0.15) is 15.9 Å². The highest BCUT2D eigenvalue weighted by molar-refractivity contribution is 5.95. The zero-order valence-electron chi connectivity index (χ0n) is 19.9. The number of carbonyl (C=O) groups excluding carboxylic acids is 2. The van der Waals surface area contributed by atoms with Crippen LogP contribution >= 0.6 is 0 Å². The van der Waals surface area contributed by atoms with Crippen molar-refractivity contribution in [2.75, 3.05) is 71.1 Å². The fraction of sp³-hybridized carbons (Fsp3) is 0.440. The number of hydrogen-bond acceptors (Lipinski definition) is 6. The number of nitrogens with zero attached hydrogens (tertiary/aromatic N) is 3. The van der Waals surface area contributed by atoms with Gasteiger partial charge in [0.1, 0.15) is 0 Å². The van der Waals surface area contributed by atoms with Crippen molar-refractivity contribution >= 4 is 17.5 Å². The second-order valence-electron chi connectivity index (χ2n) is 8.47. The Balaban J connectivity index is 1.35. The van der Waals surface area contributed by atoms with Crippen LogP contribution in [0.25, 0.3) is 0 Å². The number of carbonyl (C=O) groups is 2. The van der Waals surface area contributed by atoms with Crippen LogP contribution in [0.5, 0.6) is 11.5 Å². The third-order valence-corrected chi connectivity index (χ3v) is 6.23. The Hall–Kier alpha value is -3.47. The maximum atomic E-state index is 13.1. The van der Waals surface area contributed by atoms with Gasteiger partial charge in [-0.25, -0.2) is 0 Å². The summed E-state index contributed by atoms with van der Waals surface area (Å²) in [7, 11) is 1.45. The number of benzene rings is 2. The lowest BCUT2D eigenvalue weighted by Gasteiger charge is -2.36. The number of halogens is 3. The lowest BCUT2D eigenvalue weighted by atomic mass is 10.1. The molecule has 2 amide bonds. The molecule has 0 unspecified atom stereocenters. The van der Waals surface area contributed by atoms with Crippen LogP contribution in [0.3, 0.4) is 0 Å². The van der Waals surface area contributed by atoms with Gasteiger partial charge in [0.05, 0.1) is 25.9 Å². The molecule has 2 aromatic carbocycles. The summed E-state index contributed by atoms with van der Waals surface area (Å²) in [5.41, 5.74) is 0.178. The van der Waals surface area contributed by atoms with E-state index >= 15 is 0 Å². The van der Waals surface area contributed by atoms with Gasteiger partial charge < -0.3 is 28.9 Å². The molecular formula is C25H28F3N3O5. The summed E-state index contributed by atoms with van der Waals surface area (Å²) in [5.74, 6) is 0.315. The predicted octanol–water partition coefficient (Wildman–Crippen LogP) is 2.91. The second kappa shape index (κ2) is 11.1. The van der Waals surface area contributed by atoms with Crippen molar-refractivity contribution in [3.8, 4) is 11.5 Å². The molecular weight excluding hydrogens is 479 g/mol. The van der Waals surface area contributed by atoms with Crippen LogP contribution in [-0.4, -0.2) is 87.8 Å². The normalized spacial score (nSPS) is 16.6. The van der Waals surface area contributed by atoms with Gasteiger partial charge in [0.2, 0.25) is 0 Å². The molecule has 2 heterocycles. The van der Waals surface area contributed by atoms with Crippen molar-refractivity contribution in [2.24, 2.45) is 0 Å². The van der Waals surface area contributed by atoms with Crippen LogP contribution in [0.15, 0.2) is 42.5 Å². The Morgan fingerprint density at radius 2 is 1.64 bits per heavy atom. The maximum absolute atomic E-state index is 13.1. The van der Waals surface area contributed by atoms with Crippen LogP contribution in [-0.2, 0) is 15.7 Å². The van der Waals surface area contributed by atoms with Crippen LogP contribution in [0, 0.1) is 0 Å². The SMILES string of the molecule is COc1cc(C(=O)N2CCN(c3cccc(C(F)(F)F)c3)CC2)ccc1OCC(=O)N1CCOCC1. The lowest BCUT2D eigenvalue weighted by molar-refractivity contribution is -0.138. The van der Waals surface area contributed by atoms with Crippen molar-refractivity contribution in [2.45, 2.75) is 6.18 Å². The zero-order valence-corrected chi connectivity index (χ0v) is 19.9. The monoisotopic (exact) mass is 507 g/mol. The molecule has 0 N–H and O–H groups in total. The minimum Gasteiger partial charge on any atom is -0.493 e. The number of alkyl halides is 3. The quantitative estimate of drug-likeness (QED) is 0.599. The third kappa shape index (κ3) is 6.01. The van der Waals surface area contributed by atoms with E-state index in [1.807, 2.05) is 4.90 Å². The molecule has 0 radical (unpaired) electrons. The fourth-order valence-corrected chi connectivity index (χ4v) is 4.19. The van der Waals surface area contributed by atoms with E-state index in [2.05, 4.69) is 0 Å². The van der Waals surface area contributed by atoms with E-state index in [0.717, 1.165) is 12.1 Å². The summed E-state index contributed by atoms with van der Waals surface area (Å²) in [6, 6.07) is 9.97. The van der Waals surface area contributed by atoms with E-state index in [0.29, 0.717) is 75.2 Å². The standard InChI is InChI=1S/C25H28F3N3O5/c1-34-22-15-18(5-6-21(22)36-17-23(32)30-11-13-35-14-12-30)24(33)31-9-7-29(8-10-31)20-4-2-3-19(16-20)25(26,27)28/h2-6,15-16H,7-14,17H2,1H3. The Morgan fingerprint density at radius 1 is 0.917 bits per heavy atom. The first-order valence-electron chi connectivity index (χ1n) is 11.6. The van der Waals surface area contributed by atoms with E-state index < -0.39 is 11.7 Å². The van der Waals surface area contributed by atoms with Crippen molar-refractivity contribution < 1.29 is 37.0 Å². The van der Waals surface area contributed by atoms with Crippen molar-refractivity contribution in [3.05, 3.63) is 53.6 Å². The third-order valence-electron chi connectivity index (χ3n) is 6.23. The molecule has 2 aliphatic rings. The van der Waals surface area contributed by atoms with Crippen molar-refractivity contribution in [1.82, 2.24) is 9.80 Å². The fourth-order valence-electron chi connectivity index (χ4n) is 4.19. The number of anilines is 1. The van der Waals surface area contributed by atoms with E-state index in [9.17, 15) is 22.8 Å². The summed E-state index contributed by atoms with van der Waals surface area (Å²) in [4.78, 5) is 30.6. The van der Waals surface area contributed by atoms with Gasteiger partial charge in [-0.3, -0.25) is 9.59 Å². The molecule has 11 heteroatoms. The molecule has 2 saturated heterocycles. The molecule has 36 heavy (non-hydrogen) atoms. The van der Waals surface area contributed by atoms with E-state index in [-0.39, 0.29) is 18.4 Å². The Kier molecular flexibility index (Phi) is 7.88. The molecule has 8 nitrogen and oxygen atoms in total. The Morgan fingerprint density at radius 3 is 2.31 bits per heavy atom. The highest BCUT2D eigenvalue weighted by atomic mass is 19.4. The van der Waals surface area contributed by atoms with E-state index in [1.165, 1.54) is 13.2 Å². The number of hydrogen-bond donors (Lipinski definition) is 0. The first-order chi connectivity index (χ1) is 17.3. The van der Waals surface area contributed by atoms with Gasteiger partial charge in [-0.05, 0) is 36.4 Å². The molecule has 0 spiro atoms. The van der Waals surface area contributed by atoms with Crippen molar-refractivity contribution in [3.63, 3.8) is 0 Å². The minimum absolute atomic E-state index is 0.152. The van der Waals surface area contributed by atoms with E-state index in [4.69, 9.17) is 14.2 Å². The molecule has 0 aliphatic carbocycles. The number of amides is 2. The molecule has 0 atom stereocenters. The second-order valence-corrected chi connectivity index (χ2v) is 8.47. The summed E-state index contributed by atoms with van der Waals surface area (Å²) in [6.07, 6.45) is -4.40. The highest BCUT2D eigenvalue weighted by Gasteiger charge is 2.31. The molecule has 0 saturated carbocycles. The van der Waals surface area contributed by atoms with Crippen LogP contribution < -0.4 is 14.4 Å². The van der Waals surface area contributed by atoms with Gasteiger partial charge in [-0.15, -0.1) is 0 Å². The molecule has 2 fully saturated rings. The zero-order chi connectivity index (χ0) is 25.7. The first-order valence-corrected chi connectivity index (χ1v) is 11.6. The van der Waals surface area contributed by atoms with Gasteiger partial charge in [-0.1, -0.05) is 6.07 Å². The summed E-state index contributed by atoms with van der Waals surface area (Å²) in [5, 5.41) is 0. The smallest absolute Gasteiger partial charge is 0.416 e. The van der Waals surface area contributed by atoms with Gasteiger partial charge >= 0.3 is 6.18 Å². The molecule has 0 aromatic heterocycles. The molecule has 2 aromatic rings. The van der Waals surface area contributed by atoms with E-state index in [1.54, 1.807) is 34.1 Å². The predicted molar refractivity (Wildman–Crippen MR) is 125 cm³/mol. The maximum Gasteiger partial charge on any atom is 0.416 e. The van der Waals surface area contributed by atoms with Gasteiger partial charge in [0, 0.05) is 50.5 Å². The minimum atomic E-state index is -4.40. The van der Waals surface area contributed by atoms with Crippen LogP contribution in [0.4, 0.5) is 18.9 Å². The van der Waals surface area contributed by atoms with Gasteiger partial charge in [-0.2, -0.15) is 13.2 Å². The van der Waals surface area contributed by atoms with Gasteiger partial charge in [0.25, 0.3) is 11.8 Å². The largest absolute Gasteiger partial charge is 0.493 e. The number of morpholine rings is 1. The highest BCUT2D eigenvalue weighted by Crippen LogP contribution is 2.32. The number of ether oxygens (including phenoxy) is 3. The average Bonchev–Trinajstić information content (AvgIpc) is 2.91. The van der Waals surface area contributed by atoms with Crippen LogP contribution in [0.2, 0.25) is 0 Å². The summed E-state index contributed by atoms with van der Waals surface area (Å²) in [6.45, 7) is 3.44. The number of piperazine rings is 1. The molecule has 194 valence electrons. The molecule has 4 rings (SSSR count). The molecule has 2 aliphatic heterocycles.